The number of oxime groups is 1. The van der Waals surface area contributed by atoms with Crippen molar-refractivity contribution in [3.8, 4) is 0 Å². The van der Waals surface area contributed by atoms with Crippen LogP contribution in [0, 0.1) is 11.8 Å². The maximum Gasteiger partial charge on any atom is 1.00 e. The topological polar surface area (TPSA) is 256 Å². The molecule has 3 aliphatic heterocycles. The minimum atomic E-state index is -2.43. The third-order valence-electron chi connectivity index (χ3n) is 6.02. The molecular weight excluding hydrogens is 609 g/mol. The van der Waals surface area contributed by atoms with Crippen molar-refractivity contribution < 1.29 is 147 Å². The molecule has 6 atom stereocenters. The molecule has 3 aliphatic rings. The van der Waals surface area contributed by atoms with Gasteiger partial charge in [0.05, 0.1) is 18.8 Å². The third kappa shape index (κ3) is 6.82. The quantitative estimate of drug-likeness (QED) is 0.0717. The molecule has 4 heterocycles. The second kappa shape index (κ2) is 14.5. The smallest absolute Gasteiger partial charge is 0.544 e. The zero-order valence-corrected chi connectivity index (χ0v) is 29.1. The molecule has 40 heavy (non-hydrogen) atoms. The van der Waals surface area contributed by atoms with Gasteiger partial charge in [-0.1, -0.05) is 5.16 Å². The fourth-order valence-corrected chi connectivity index (χ4v) is 6.96. The number of fused-ring (bicyclic) bond motifs is 3. The van der Waals surface area contributed by atoms with Gasteiger partial charge in [0, 0.05) is 34.3 Å². The van der Waals surface area contributed by atoms with Gasteiger partial charge in [0.25, 0.3) is 0 Å². The number of nitrogen functional groups attached to an aromatic ring is 1. The maximum absolute atomic E-state index is 13.1. The molecule has 0 saturated carbocycles. The van der Waals surface area contributed by atoms with Crippen LogP contribution < -0.4 is 99.5 Å². The second-order valence-electron chi connectivity index (χ2n) is 8.28. The number of Topliss-reactive ketones (excluding diaryl/α,β-unsaturated/α-hetero) is 1. The minimum absolute atomic E-state index is 0. The largest absolute Gasteiger partial charge is 1.00 e. The van der Waals surface area contributed by atoms with Gasteiger partial charge in [0.15, 0.2) is 16.6 Å². The molecule has 3 saturated heterocycles. The van der Waals surface area contributed by atoms with E-state index in [0.29, 0.717) is 4.90 Å². The Hall–Kier alpha value is -0.930. The normalized spacial score (nSPS) is 27.2. The van der Waals surface area contributed by atoms with Crippen molar-refractivity contribution in [2.45, 2.75) is 36.5 Å². The monoisotopic (exact) mass is 626 g/mol. The van der Waals surface area contributed by atoms with E-state index in [1.165, 1.54) is 5.38 Å². The summed E-state index contributed by atoms with van der Waals surface area (Å²) in [5.41, 5.74) is 2.41. The molecule has 0 radical (unpaired) electrons. The maximum atomic E-state index is 13.1. The summed E-state index contributed by atoms with van der Waals surface area (Å²) in [7, 11) is -1.86. The van der Waals surface area contributed by atoms with Gasteiger partial charge < -0.3 is 35.4 Å². The van der Waals surface area contributed by atoms with Crippen molar-refractivity contribution in [3.63, 3.8) is 0 Å². The number of ketones is 1. The zero-order valence-electron chi connectivity index (χ0n) is 21.4. The van der Waals surface area contributed by atoms with E-state index in [4.69, 9.17) is 25.5 Å². The summed E-state index contributed by atoms with van der Waals surface area (Å²) in [6.45, 7) is 0. The number of carbonyl (C=O) groups excluding carboxylic acids is 4. The van der Waals surface area contributed by atoms with Gasteiger partial charge in [-0.15, -0.1) is 11.3 Å². The first-order chi connectivity index (χ1) is 17.4. The number of ether oxygens (including phenoxy) is 1. The molecule has 4 N–H and O–H groups in total. The molecule has 1 aromatic heterocycles. The molecule has 3 fully saturated rings. The van der Waals surface area contributed by atoms with E-state index in [0.717, 1.165) is 11.3 Å². The number of rotatable bonds is 10. The van der Waals surface area contributed by atoms with Gasteiger partial charge in [0.1, 0.15) is 17.0 Å². The van der Waals surface area contributed by atoms with Gasteiger partial charge in [-0.05, 0) is 0 Å². The Bertz CT molecular complexity index is 1290. The number of esters is 1. The number of anilines is 1. The van der Waals surface area contributed by atoms with Crippen LogP contribution in [0.2, 0.25) is 0 Å². The number of amides is 1. The molecule has 16 nitrogen and oxygen atoms in total. The number of β-lactam (4-membered cyclic amide) rings is 1. The van der Waals surface area contributed by atoms with E-state index in [-0.39, 0.29) is 112 Å². The first-order valence-corrected chi connectivity index (χ1v) is 12.7. The van der Waals surface area contributed by atoms with Crippen molar-refractivity contribution in [3.05, 3.63) is 11.1 Å². The number of nitrogens with zero attached hydrogens (tertiary/aromatic N) is 3. The van der Waals surface area contributed by atoms with Gasteiger partial charge in [-0.25, -0.2) is 9.78 Å². The van der Waals surface area contributed by atoms with Gasteiger partial charge in [0.2, 0.25) is 17.7 Å². The fourth-order valence-electron chi connectivity index (χ4n) is 4.40. The van der Waals surface area contributed by atoms with Gasteiger partial charge in [-0.2, -0.15) is 0 Å². The number of aromatic nitrogens is 1. The molecule has 0 aliphatic carbocycles. The van der Waals surface area contributed by atoms with E-state index in [1.54, 1.807) is 0 Å². The van der Waals surface area contributed by atoms with Gasteiger partial charge >= 0.3 is 107 Å². The number of hydrogen-bond donors (Lipinski definition) is 3. The van der Waals surface area contributed by atoms with Crippen LogP contribution in [0.4, 0.5) is 5.13 Å². The number of carbonyl (C=O) groups is 6. The Kier molecular flexibility index (Phi) is 13.4. The van der Waals surface area contributed by atoms with E-state index >= 15 is 0 Å². The van der Waals surface area contributed by atoms with Crippen LogP contribution in [0.15, 0.2) is 10.5 Å². The molecule has 0 unspecified atom stereocenters. The van der Waals surface area contributed by atoms with Crippen LogP contribution in [0.25, 0.3) is 0 Å². The number of nitrogens with two attached hydrogens (primary N) is 1. The minimum Gasteiger partial charge on any atom is -0.544 e. The predicted octanol–water partition coefficient (Wildman–Crippen LogP) is -12.1. The fraction of sp³-hybridized carbons (Fsp3) is 0.474. The molecule has 198 valence electrons. The molecule has 1 aromatic rings. The Balaban J connectivity index is 0.00000267. The molecule has 4 rings (SSSR count). The average Bonchev–Trinajstić information content (AvgIpc) is 3.37. The first kappa shape index (κ1) is 37.1. The van der Waals surface area contributed by atoms with Crippen molar-refractivity contribution in [1.29, 1.82) is 0 Å². The molecule has 0 aromatic carbocycles. The van der Waals surface area contributed by atoms with Crippen LogP contribution in [0.5, 0.6) is 0 Å². The van der Waals surface area contributed by atoms with Crippen LogP contribution in [-0.2, 0) is 49.1 Å². The first-order valence-electron chi connectivity index (χ1n) is 10.4. The summed E-state index contributed by atoms with van der Waals surface area (Å²) in [6, 6.07) is 0. The Morgan fingerprint density at radius 1 is 1.30 bits per heavy atom. The molecule has 0 bridgehead atoms. The van der Waals surface area contributed by atoms with Gasteiger partial charge in [-0.3, -0.25) is 28.3 Å². The van der Waals surface area contributed by atoms with Crippen molar-refractivity contribution in [2.24, 2.45) is 17.0 Å². The number of aliphatic carboxylic acids is 3. The van der Waals surface area contributed by atoms with E-state index < -0.39 is 94.0 Å². The van der Waals surface area contributed by atoms with Crippen molar-refractivity contribution in [1.82, 2.24) is 9.88 Å². The number of carboxylic acid groups (broad SMARTS) is 3. The predicted molar refractivity (Wildman–Crippen MR) is 117 cm³/mol. The van der Waals surface area contributed by atoms with Crippen molar-refractivity contribution in [2.75, 3.05) is 11.5 Å². The molecule has 1 amide bonds. The third-order valence-corrected chi connectivity index (χ3v) is 8.50. The Morgan fingerprint density at radius 2 is 1.95 bits per heavy atom. The number of hydrogen-bond acceptors (Lipinski definition) is 14. The molecular formula is C19H17N4Na3O12S2+2. The SMILES string of the molecule is Nc1nc(/C(=N/O[C@@H](CC(=O)O)C(=O)O)C(=O)C[C@@H]2C(=O)N3[C@@H]2[S@@](=O)C[C@@H]2CC(=O)O[C@@]23C(=O)[O-])cs1.[Na+].[Na+].[Na+]. The summed E-state index contributed by atoms with van der Waals surface area (Å²) in [5.74, 6) is -10.5. The summed E-state index contributed by atoms with van der Waals surface area (Å²) in [6.07, 6.45) is -3.99. The summed E-state index contributed by atoms with van der Waals surface area (Å²) in [4.78, 5) is 81.4. The average molecular weight is 626 g/mol. The second-order valence-corrected chi connectivity index (χ2v) is 10.7. The standard InChI is InChI=1S/C19H18N4O12S2.3Na/c20-18-21-8(4-36-18)13(22-35-10(16(29)30)3-11(25)26)9(24)2-7-14(28)23-15(7)37(33)5-6-1-12(27)34-19(6,23)17(31)32;;;/h4,6-7,10,15H,1-3,5H2,(H2,20,21)(H,25,26)(H,29,30)(H,31,32);;;/q;3*+1/p-1/b22-13-;;;/t6-,7+,10-,15+,19+,37-;;;/m0.../s1. The molecule has 0 spiro atoms. The number of thiazole rings is 1. The Labute approximate surface area is 297 Å². The van der Waals surface area contributed by atoms with Crippen LogP contribution in [-0.4, -0.2) is 88.5 Å². The zero-order chi connectivity index (χ0) is 27.2. The Morgan fingerprint density at radius 3 is 2.48 bits per heavy atom. The summed E-state index contributed by atoms with van der Waals surface area (Å²) < 4.78 is 17.8. The molecule has 21 heteroatoms. The van der Waals surface area contributed by atoms with Crippen molar-refractivity contribution >= 4 is 68.5 Å². The van der Waals surface area contributed by atoms with Crippen LogP contribution in [0.3, 0.4) is 0 Å². The van der Waals surface area contributed by atoms with Crippen LogP contribution >= 0.6 is 11.3 Å². The summed E-state index contributed by atoms with van der Waals surface area (Å²) >= 11 is 0.896. The van der Waals surface area contributed by atoms with E-state index in [9.17, 15) is 38.1 Å². The number of carboxylic acids is 3. The van der Waals surface area contributed by atoms with E-state index in [1.807, 2.05) is 0 Å². The van der Waals surface area contributed by atoms with Crippen LogP contribution in [0.1, 0.15) is 25.0 Å². The summed E-state index contributed by atoms with van der Waals surface area (Å²) in [5, 5.41) is 33.4. The van der Waals surface area contributed by atoms with E-state index in [2.05, 4.69) is 10.1 Å².